The second-order valence-electron chi connectivity index (χ2n) is 5.52. The molecule has 0 fully saturated rings. The normalized spacial score (nSPS) is 11.5. The molecular formula is C17H19FN2O3S. The summed E-state index contributed by atoms with van der Waals surface area (Å²) in [5.41, 5.74) is 2.04. The summed E-state index contributed by atoms with van der Waals surface area (Å²) in [4.78, 5) is 12.1. The molecular weight excluding hydrogens is 331 g/mol. The Balaban J connectivity index is 2.12. The first-order valence-electron chi connectivity index (χ1n) is 7.31. The topological polar surface area (TPSA) is 66.5 Å². The maximum Gasteiger partial charge on any atom is 0.239 e. The van der Waals surface area contributed by atoms with Crippen molar-refractivity contribution in [2.24, 2.45) is 0 Å². The van der Waals surface area contributed by atoms with Crippen LogP contribution in [0.2, 0.25) is 0 Å². The average molecular weight is 350 g/mol. The number of carbonyl (C=O) groups is 1. The predicted octanol–water partition coefficient (Wildman–Crippen LogP) is 2.53. The molecule has 0 aliphatic heterocycles. The number of amides is 1. The standard InChI is InChI=1S/C17H19FN2O3S/c1-13-6-3-4-7-14(13)11-20(24(2,22)23)12-17(21)19-16-9-5-8-15(18)10-16/h3-10H,11-12H2,1-2H3,(H,19,21). The van der Waals surface area contributed by atoms with Crippen LogP contribution in [0.25, 0.3) is 0 Å². The minimum absolute atomic E-state index is 0.0993. The average Bonchev–Trinajstić information content (AvgIpc) is 2.47. The summed E-state index contributed by atoms with van der Waals surface area (Å²) in [5, 5.41) is 2.50. The Morgan fingerprint density at radius 1 is 1.17 bits per heavy atom. The van der Waals surface area contributed by atoms with E-state index in [0.29, 0.717) is 0 Å². The van der Waals surface area contributed by atoms with Crippen molar-refractivity contribution in [1.82, 2.24) is 4.31 Å². The monoisotopic (exact) mass is 350 g/mol. The van der Waals surface area contributed by atoms with Crippen LogP contribution < -0.4 is 5.32 Å². The molecule has 1 N–H and O–H groups in total. The second kappa shape index (κ2) is 7.55. The highest BCUT2D eigenvalue weighted by Crippen LogP contribution is 2.14. The molecule has 7 heteroatoms. The van der Waals surface area contributed by atoms with Crippen LogP contribution in [0, 0.1) is 12.7 Å². The minimum Gasteiger partial charge on any atom is -0.325 e. The maximum atomic E-state index is 13.1. The van der Waals surface area contributed by atoms with E-state index in [4.69, 9.17) is 0 Å². The van der Waals surface area contributed by atoms with Gasteiger partial charge in [-0.1, -0.05) is 30.3 Å². The van der Waals surface area contributed by atoms with Gasteiger partial charge in [0.1, 0.15) is 5.82 Å². The van der Waals surface area contributed by atoms with Gasteiger partial charge in [0.05, 0.1) is 12.8 Å². The fourth-order valence-electron chi connectivity index (χ4n) is 2.19. The number of anilines is 1. The zero-order valence-corrected chi connectivity index (χ0v) is 14.3. The molecule has 0 atom stereocenters. The highest BCUT2D eigenvalue weighted by molar-refractivity contribution is 7.88. The van der Waals surface area contributed by atoms with Crippen LogP contribution >= 0.6 is 0 Å². The Morgan fingerprint density at radius 2 is 1.88 bits per heavy atom. The molecule has 0 aliphatic carbocycles. The molecule has 2 aromatic carbocycles. The molecule has 0 unspecified atom stereocenters. The SMILES string of the molecule is Cc1ccccc1CN(CC(=O)Nc1cccc(F)c1)S(C)(=O)=O. The van der Waals surface area contributed by atoms with Crippen molar-refractivity contribution in [3.8, 4) is 0 Å². The van der Waals surface area contributed by atoms with Gasteiger partial charge in [-0.25, -0.2) is 12.8 Å². The van der Waals surface area contributed by atoms with Crippen LogP contribution in [0.4, 0.5) is 10.1 Å². The van der Waals surface area contributed by atoms with Gasteiger partial charge in [0.2, 0.25) is 15.9 Å². The molecule has 1 amide bonds. The van der Waals surface area contributed by atoms with Gasteiger partial charge in [0.15, 0.2) is 0 Å². The van der Waals surface area contributed by atoms with Crippen molar-refractivity contribution in [2.75, 3.05) is 18.1 Å². The highest BCUT2D eigenvalue weighted by atomic mass is 32.2. The Morgan fingerprint density at radius 3 is 2.50 bits per heavy atom. The molecule has 0 radical (unpaired) electrons. The van der Waals surface area contributed by atoms with Crippen molar-refractivity contribution in [3.05, 3.63) is 65.5 Å². The quantitative estimate of drug-likeness (QED) is 0.871. The summed E-state index contributed by atoms with van der Waals surface area (Å²) in [5.74, 6) is -1.01. The summed E-state index contributed by atoms with van der Waals surface area (Å²) in [6.07, 6.45) is 1.06. The van der Waals surface area contributed by atoms with E-state index in [1.807, 2.05) is 31.2 Å². The summed E-state index contributed by atoms with van der Waals surface area (Å²) >= 11 is 0. The first-order valence-corrected chi connectivity index (χ1v) is 9.15. The number of nitrogens with one attached hydrogen (secondary N) is 1. The number of nitrogens with zero attached hydrogens (tertiary/aromatic N) is 1. The molecule has 24 heavy (non-hydrogen) atoms. The Bertz CT molecular complexity index is 837. The number of sulfonamides is 1. The molecule has 2 aromatic rings. The van der Waals surface area contributed by atoms with Gasteiger partial charge in [0, 0.05) is 12.2 Å². The van der Waals surface area contributed by atoms with Gasteiger partial charge in [-0.3, -0.25) is 4.79 Å². The van der Waals surface area contributed by atoms with Crippen LogP contribution in [0.1, 0.15) is 11.1 Å². The number of benzene rings is 2. The lowest BCUT2D eigenvalue weighted by molar-refractivity contribution is -0.116. The van der Waals surface area contributed by atoms with Crippen LogP contribution in [-0.2, 0) is 21.4 Å². The van der Waals surface area contributed by atoms with Gasteiger partial charge >= 0.3 is 0 Å². The van der Waals surface area contributed by atoms with E-state index in [2.05, 4.69) is 5.32 Å². The van der Waals surface area contributed by atoms with E-state index in [0.717, 1.165) is 21.7 Å². The predicted molar refractivity (Wildman–Crippen MR) is 91.5 cm³/mol. The largest absolute Gasteiger partial charge is 0.325 e. The number of rotatable bonds is 6. The zero-order valence-electron chi connectivity index (χ0n) is 13.5. The summed E-state index contributed by atoms with van der Waals surface area (Å²) in [6.45, 7) is 1.63. The number of hydrogen-bond acceptors (Lipinski definition) is 3. The first-order chi connectivity index (χ1) is 11.3. The Labute approximate surface area is 141 Å². The molecule has 0 spiro atoms. The molecule has 0 bridgehead atoms. The van der Waals surface area contributed by atoms with Crippen LogP contribution in [-0.4, -0.2) is 31.4 Å². The molecule has 2 rings (SSSR count). The molecule has 0 saturated carbocycles. The Kier molecular flexibility index (Phi) is 5.69. The molecule has 5 nitrogen and oxygen atoms in total. The lowest BCUT2D eigenvalue weighted by Crippen LogP contribution is -2.37. The lowest BCUT2D eigenvalue weighted by atomic mass is 10.1. The van der Waals surface area contributed by atoms with Crippen molar-refractivity contribution in [1.29, 1.82) is 0 Å². The summed E-state index contributed by atoms with van der Waals surface area (Å²) in [6, 6.07) is 12.8. The van der Waals surface area contributed by atoms with Gasteiger partial charge in [-0.2, -0.15) is 4.31 Å². The van der Waals surface area contributed by atoms with E-state index >= 15 is 0 Å². The van der Waals surface area contributed by atoms with Crippen molar-refractivity contribution < 1.29 is 17.6 Å². The third kappa shape index (κ3) is 5.14. The molecule has 0 saturated heterocycles. The first kappa shape index (κ1) is 18.1. The molecule has 0 heterocycles. The number of hydrogen-bond donors (Lipinski definition) is 1. The van der Waals surface area contributed by atoms with Gasteiger partial charge in [-0.05, 0) is 36.2 Å². The third-order valence-electron chi connectivity index (χ3n) is 3.51. The summed E-state index contributed by atoms with van der Waals surface area (Å²) < 4.78 is 38.2. The number of carbonyl (C=O) groups excluding carboxylic acids is 1. The second-order valence-corrected chi connectivity index (χ2v) is 7.50. The number of halogens is 1. The van der Waals surface area contributed by atoms with Crippen LogP contribution in [0.15, 0.2) is 48.5 Å². The fourth-order valence-corrected chi connectivity index (χ4v) is 2.92. The minimum atomic E-state index is -3.58. The summed E-state index contributed by atoms with van der Waals surface area (Å²) in [7, 11) is -3.58. The molecule has 0 aromatic heterocycles. The van der Waals surface area contributed by atoms with Crippen molar-refractivity contribution >= 4 is 21.6 Å². The Hall–Kier alpha value is -2.25. The zero-order chi connectivity index (χ0) is 17.7. The smallest absolute Gasteiger partial charge is 0.239 e. The maximum absolute atomic E-state index is 13.1. The molecule has 128 valence electrons. The van der Waals surface area contributed by atoms with E-state index in [1.165, 1.54) is 24.3 Å². The molecule has 0 aliphatic rings. The van der Waals surface area contributed by atoms with Crippen molar-refractivity contribution in [3.63, 3.8) is 0 Å². The third-order valence-corrected chi connectivity index (χ3v) is 4.70. The lowest BCUT2D eigenvalue weighted by Gasteiger charge is -2.20. The van der Waals surface area contributed by atoms with E-state index in [-0.39, 0.29) is 18.8 Å². The van der Waals surface area contributed by atoms with E-state index in [9.17, 15) is 17.6 Å². The van der Waals surface area contributed by atoms with Gasteiger partial charge in [-0.15, -0.1) is 0 Å². The van der Waals surface area contributed by atoms with E-state index in [1.54, 1.807) is 0 Å². The highest BCUT2D eigenvalue weighted by Gasteiger charge is 2.21. The van der Waals surface area contributed by atoms with E-state index < -0.39 is 21.7 Å². The van der Waals surface area contributed by atoms with Crippen molar-refractivity contribution in [2.45, 2.75) is 13.5 Å². The van der Waals surface area contributed by atoms with Gasteiger partial charge < -0.3 is 5.32 Å². The van der Waals surface area contributed by atoms with Crippen LogP contribution in [0.5, 0.6) is 0 Å². The van der Waals surface area contributed by atoms with Crippen LogP contribution in [0.3, 0.4) is 0 Å². The van der Waals surface area contributed by atoms with Gasteiger partial charge in [0.25, 0.3) is 0 Å². The number of aryl methyl sites for hydroxylation is 1. The fraction of sp³-hybridized carbons (Fsp3) is 0.235.